The number of aliphatic hydroxyl groups is 1. The molecule has 3 N–H and O–H groups in total. The SMILES string of the molecule is NC1(C(=O)N2CCCC(CCO)C2)CCOCC1. The topological polar surface area (TPSA) is 75.8 Å². The molecule has 18 heavy (non-hydrogen) atoms. The van der Waals surface area contributed by atoms with Gasteiger partial charge >= 0.3 is 0 Å². The number of carbonyl (C=O) groups excluding carboxylic acids is 1. The molecule has 0 saturated carbocycles. The number of hydrogen-bond acceptors (Lipinski definition) is 4. The predicted molar refractivity (Wildman–Crippen MR) is 68.0 cm³/mol. The number of likely N-dealkylation sites (tertiary alicyclic amines) is 1. The molecule has 0 spiro atoms. The van der Waals surface area contributed by atoms with Crippen LogP contribution in [-0.2, 0) is 9.53 Å². The van der Waals surface area contributed by atoms with Crippen molar-refractivity contribution < 1.29 is 14.6 Å². The first kappa shape index (κ1) is 13.8. The van der Waals surface area contributed by atoms with Crippen LogP contribution in [0.2, 0.25) is 0 Å². The Hall–Kier alpha value is -0.650. The zero-order valence-electron chi connectivity index (χ0n) is 10.9. The molecule has 2 fully saturated rings. The fourth-order valence-electron chi connectivity index (χ4n) is 2.93. The molecule has 2 saturated heterocycles. The highest BCUT2D eigenvalue weighted by atomic mass is 16.5. The van der Waals surface area contributed by atoms with E-state index in [-0.39, 0.29) is 12.5 Å². The first-order valence-electron chi connectivity index (χ1n) is 6.92. The number of piperidine rings is 1. The normalized spacial score (nSPS) is 28.1. The van der Waals surface area contributed by atoms with Gasteiger partial charge in [0, 0.05) is 32.9 Å². The lowest BCUT2D eigenvalue weighted by atomic mass is 9.87. The van der Waals surface area contributed by atoms with Gasteiger partial charge in [0.15, 0.2) is 0 Å². The Kier molecular flexibility index (Phi) is 4.59. The lowest BCUT2D eigenvalue weighted by Crippen LogP contribution is -2.59. The Morgan fingerprint density at radius 3 is 2.83 bits per heavy atom. The first-order chi connectivity index (χ1) is 8.65. The molecule has 0 radical (unpaired) electrons. The van der Waals surface area contributed by atoms with Crippen LogP contribution in [-0.4, -0.2) is 54.4 Å². The Bertz CT molecular complexity index is 288. The van der Waals surface area contributed by atoms with Crippen molar-refractivity contribution in [2.75, 3.05) is 32.9 Å². The van der Waals surface area contributed by atoms with Gasteiger partial charge in [-0.25, -0.2) is 0 Å². The standard InChI is InChI=1S/C13H24N2O3/c14-13(4-8-18-9-5-13)12(17)15-6-1-2-11(10-15)3-7-16/h11,16H,1-10,14H2. The van der Waals surface area contributed by atoms with E-state index in [0.717, 1.165) is 32.4 Å². The van der Waals surface area contributed by atoms with E-state index in [9.17, 15) is 4.79 Å². The molecule has 0 aliphatic carbocycles. The Labute approximate surface area is 108 Å². The summed E-state index contributed by atoms with van der Waals surface area (Å²) in [5, 5.41) is 9.00. The Morgan fingerprint density at radius 2 is 2.17 bits per heavy atom. The van der Waals surface area contributed by atoms with E-state index in [1.165, 1.54) is 0 Å². The second-order valence-electron chi connectivity index (χ2n) is 5.54. The maximum atomic E-state index is 12.5. The summed E-state index contributed by atoms with van der Waals surface area (Å²) in [5.74, 6) is 0.504. The fraction of sp³-hybridized carbons (Fsp3) is 0.923. The van der Waals surface area contributed by atoms with Gasteiger partial charge in [-0.15, -0.1) is 0 Å². The highest BCUT2D eigenvalue weighted by molar-refractivity contribution is 5.86. The highest BCUT2D eigenvalue weighted by Crippen LogP contribution is 2.25. The molecule has 1 atom stereocenters. The van der Waals surface area contributed by atoms with E-state index in [2.05, 4.69) is 0 Å². The van der Waals surface area contributed by atoms with Gasteiger partial charge in [-0.3, -0.25) is 4.79 Å². The molecule has 0 aromatic carbocycles. The number of carbonyl (C=O) groups is 1. The second kappa shape index (κ2) is 5.99. The van der Waals surface area contributed by atoms with Gasteiger partial charge in [0.1, 0.15) is 0 Å². The van der Waals surface area contributed by atoms with E-state index >= 15 is 0 Å². The molecular formula is C13H24N2O3. The van der Waals surface area contributed by atoms with Crippen LogP contribution in [0.4, 0.5) is 0 Å². The van der Waals surface area contributed by atoms with Crippen molar-refractivity contribution in [1.29, 1.82) is 0 Å². The lowest BCUT2D eigenvalue weighted by molar-refractivity contribution is -0.142. The van der Waals surface area contributed by atoms with E-state index < -0.39 is 5.54 Å². The van der Waals surface area contributed by atoms with Crippen LogP contribution in [0.15, 0.2) is 0 Å². The van der Waals surface area contributed by atoms with Crippen LogP contribution < -0.4 is 5.73 Å². The van der Waals surface area contributed by atoms with E-state index in [4.69, 9.17) is 15.6 Å². The summed E-state index contributed by atoms with van der Waals surface area (Å²) in [6.45, 7) is 2.92. The molecule has 0 aromatic rings. The largest absolute Gasteiger partial charge is 0.396 e. The van der Waals surface area contributed by atoms with E-state index in [1.54, 1.807) is 0 Å². The number of nitrogens with two attached hydrogens (primary N) is 1. The van der Waals surface area contributed by atoms with Crippen LogP contribution >= 0.6 is 0 Å². The van der Waals surface area contributed by atoms with E-state index in [0.29, 0.717) is 32.0 Å². The Morgan fingerprint density at radius 1 is 1.44 bits per heavy atom. The smallest absolute Gasteiger partial charge is 0.242 e. The highest BCUT2D eigenvalue weighted by Gasteiger charge is 2.40. The van der Waals surface area contributed by atoms with Gasteiger partial charge in [0.05, 0.1) is 5.54 Å². The number of ether oxygens (including phenoxy) is 1. The summed E-state index contributed by atoms with van der Waals surface area (Å²) in [6.07, 6.45) is 4.14. The summed E-state index contributed by atoms with van der Waals surface area (Å²) in [5.41, 5.74) is 5.51. The van der Waals surface area contributed by atoms with Gasteiger partial charge in [0.2, 0.25) is 5.91 Å². The molecule has 0 aromatic heterocycles. The number of nitrogens with zero attached hydrogens (tertiary/aromatic N) is 1. The molecular weight excluding hydrogens is 232 g/mol. The lowest BCUT2D eigenvalue weighted by Gasteiger charge is -2.40. The molecule has 0 bridgehead atoms. The maximum Gasteiger partial charge on any atom is 0.242 e. The monoisotopic (exact) mass is 256 g/mol. The average molecular weight is 256 g/mol. The van der Waals surface area contributed by atoms with E-state index in [1.807, 2.05) is 4.90 Å². The molecule has 5 heteroatoms. The number of amides is 1. The van der Waals surface area contributed by atoms with Crippen molar-refractivity contribution in [3.63, 3.8) is 0 Å². The van der Waals surface area contributed by atoms with Crippen LogP contribution in [0.1, 0.15) is 32.1 Å². The third-order valence-corrected chi connectivity index (χ3v) is 4.15. The zero-order chi connectivity index (χ0) is 13.0. The van der Waals surface area contributed by atoms with Crippen LogP contribution in [0.25, 0.3) is 0 Å². The van der Waals surface area contributed by atoms with Gasteiger partial charge in [0.25, 0.3) is 0 Å². The Balaban J connectivity index is 1.95. The molecule has 1 amide bonds. The third kappa shape index (κ3) is 3.02. The molecule has 104 valence electrons. The minimum absolute atomic E-state index is 0.0773. The average Bonchev–Trinajstić information content (AvgIpc) is 2.39. The van der Waals surface area contributed by atoms with Crippen LogP contribution in [0.3, 0.4) is 0 Å². The molecule has 1 unspecified atom stereocenters. The molecule has 2 aliphatic heterocycles. The zero-order valence-corrected chi connectivity index (χ0v) is 10.9. The predicted octanol–water partition coefficient (Wildman–Crippen LogP) is 0.115. The van der Waals surface area contributed by atoms with Crippen LogP contribution in [0.5, 0.6) is 0 Å². The van der Waals surface area contributed by atoms with Gasteiger partial charge in [-0.05, 0) is 38.0 Å². The van der Waals surface area contributed by atoms with Gasteiger partial charge in [-0.1, -0.05) is 0 Å². The maximum absolute atomic E-state index is 12.5. The van der Waals surface area contributed by atoms with Crippen molar-refractivity contribution in [1.82, 2.24) is 4.90 Å². The minimum atomic E-state index is -0.723. The first-order valence-corrected chi connectivity index (χ1v) is 6.92. The van der Waals surface area contributed by atoms with Crippen molar-refractivity contribution in [3.8, 4) is 0 Å². The summed E-state index contributed by atoms with van der Waals surface area (Å²) in [4.78, 5) is 14.4. The molecule has 2 rings (SSSR count). The summed E-state index contributed by atoms with van der Waals surface area (Å²) >= 11 is 0. The van der Waals surface area contributed by atoms with Gasteiger partial charge in [-0.2, -0.15) is 0 Å². The van der Waals surface area contributed by atoms with Crippen LogP contribution in [0, 0.1) is 5.92 Å². The fourth-order valence-corrected chi connectivity index (χ4v) is 2.93. The number of rotatable bonds is 3. The summed E-state index contributed by atoms with van der Waals surface area (Å²) in [7, 11) is 0. The van der Waals surface area contributed by atoms with Crippen molar-refractivity contribution in [2.24, 2.45) is 11.7 Å². The molecule has 2 aliphatic rings. The summed E-state index contributed by atoms with van der Waals surface area (Å²) in [6, 6.07) is 0. The number of hydrogen-bond donors (Lipinski definition) is 2. The second-order valence-corrected chi connectivity index (χ2v) is 5.54. The van der Waals surface area contributed by atoms with Crippen molar-refractivity contribution >= 4 is 5.91 Å². The van der Waals surface area contributed by atoms with Crippen molar-refractivity contribution in [2.45, 2.75) is 37.6 Å². The molecule has 2 heterocycles. The van der Waals surface area contributed by atoms with Crippen molar-refractivity contribution in [3.05, 3.63) is 0 Å². The number of aliphatic hydroxyl groups excluding tert-OH is 1. The third-order valence-electron chi connectivity index (χ3n) is 4.15. The minimum Gasteiger partial charge on any atom is -0.396 e. The van der Waals surface area contributed by atoms with Gasteiger partial charge < -0.3 is 20.5 Å². The molecule has 5 nitrogen and oxygen atoms in total. The summed E-state index contributed by atoms with van der Waals surface area (Å²) < 4.78 is 5.28. The quantitative estimate of drug-likeness (QED) is 0.752.